The molecule has 0 atom stereocenters. The molecule has 1 N–H and O–H groups in total. The fourth-order valence-corrected chi connectivity index (χ4v) is 2.12. The van der Waals surface area contributed by atoms with Gasteiger partial charge in [-0.1, -0.05) is 18.0 Å². The molecule has 0 aliphatic heterocycles. The lowest BCUT2D eigenvalue weighted by Crippen LogP contribution is -2.31. The third-order valence-corrected chi connectivity index (χ3v) is 3.37. The number of hydrogen-bond acceptors (Lipinski definition) is 3. The molecule has 1 fully saturated rings. The Morgan fingerprint density at radius 3 is 2.82 bits per heavy atom. The Bertz CT molecular complexity index is 452. The van der Waals surface area contributed by atoms with E-state index in [2.05, 4.69) is 10.4 Å². The normalized spacial score (nSPS) is 16.0. The fraction of sp³-hybridized carbons (Fsp3) is 0.667. The van der Waals surface area contributed by atoms with Crippen molar-refractivity contribution >= 4 is 17.3 Å². The Morgan fingerprint density at radius 1 is 1.59 bits per heavy atom. The number of anilines is 1. The van der Waals surface area contributed by atoms with Crippen molar-refractivity contribution in [1.29, 1.82) is 0 Å². The second-order valence-corrected chi connectivity index (χ2v) is 5.36. The van der Waals surface area contributed by atoms with E-state index in [4.69, 9.17) is 11.6 Å². The van der Waals surface area contributed by atoms with Gasteiger partial charge in [0.15, 0.2) is 0 Å². The highest BCUT2D eigenvalue weighted by atomic mass is 35.5. The number of rotatable bonds is 4. The van der Waals surface area contributed by atoms with E-state index in [-0.39, 0.29) is 11.6 Å². The minimum absolute atomic E-state index is 0.113. The van der Waals surface area contributed by atoms with Crippen LogP contribution in [0.2, 0.25) is 5.02 Å². The first-order valence-electron chi connectivity index (χ1n) is 6.10. The summed E-state index contributed by atoms with van der Waals surface area (Å²) in [4.78, 5) is 12.2. The van der Waals surface area contributed by atoms with Crippen LogP contribution in [0.1, 0.15) is 33.1 Å². The highest BCUT2D eigenvalue weighted by Gasteiger charge is 2.20. The van der Waals surface area contributed by atoms with Gasteiger partial charge >= 0.3 is 0 Å². The zero-order valence-electron chi connectivity index (χ0n) is 10.2. The highest BCUT2D eigenvalue weighted by molar-refractivity contribution is 6.33. The van der Waals surface area contributed by atoms with Crippen LogP contribution in [0.15, 0.2) is 11.0 Å². The van der Waals surface area contributed by atoms with E-state index >= 15 is 0 Å². The van der Waals surface area contributed by atoms with Gasteiger partial charge < -0.3 is 5.32 Å². The topological polar surface area (TPSA) is 46.9 Å². The monoisotopic (exact) mass is 255 g/mol. The first-order chi connectivity index (χ1) is 8.08. The summed E-state index contributed by atoms with van der Waals surface area (Å²) in [6.45, 7) is 4.67. The molecular formula is C12H18ClN3O. The zero-order valence-corrected chi connectivity index (χ0v) is 11.0. The van der Waals surface area contributed by atoms with Gasteiger partial charge in [0.25, 0.3) is 5.56 Å². The molecule has 0 unspecified atom stereocenters. The maximum atomic E-state index is 12.2. The van der Waals surface area contributed by atoms with E-state index in [0.717, 1.165) is 0 Å². The molecule has 0 aromatic carbocycles. The molecule has 1 aliphatic carbocycles. The SMILES string of the molecule is CC(C)Nc1c(Cl)cnn(CC2CCC2)c1=O. The van der Waals surface area contributed by atoms with Crippen LogP contribution < -0.4 is 10.9 Å². The summed E-state index contributed by atoms with van der Waals surface area (Å²) in [5, 5.41) is 7.58. The van der Waals surface area contributed by atoms with Crippen LogP contribution in [0, 0.1) is 5.92 Å². The van der Waals surface area contributed by atoms with E-state index in [9.17, 15) is 4.79 Å². The predicted octanol–water partition coefficient (Wildman–Crippen LogP) is 2.52. The minimum Gasteiger partial charge on any atom is -0.377 e. The zero-order chi connectivity index (χ0) is 12.4. The van der Waals surface area contributed by atoms with Crippen molar-refractivity contribution in [2.45, 2.75) is 45.7 Å². The summed E-state index contributed by atoms with van der Waals surface area (Å²) in [5.74, 6) is 0.605. The van der Waals surface area contributed by atoms with E-state index in [1.54, 1.807) is 6.20 Å². The average molecular weight is 256 g/mol. The van der Waals surface area contributed by atoms with Crippen LogP contribution in [-0.2, 0) is 6.54 Å². The molecule has 0 saturated heterocycles. The Morgan fingerprint density at radius 2 is 2.29 bits per heavy atom. The Hall–Kier alpha value is -1.03. The summed E-state index contributed by atoms with van der Waals surface area (Å²) in [7, 11) is 0. The highest BCUT2D eigenvalue weighted by Crippen LogP contribution is 2.27. The van der Waals surface area contributed by atoms with Gasteiger partial charge in [0, 0.05) is 12.6 Å². The van der Waals surface area contributed by atoms with Gasteiger partial charge in [0.1, 0.15) is 5.69 Å². The molecule has 0 amide bonds. The largest absolute Gasteiger partial charge is 0.377 e. The average Bonchev–Trinajstić information content (AvgIpc) is 2.20. The Balaban J connectivity index is 2.24. The maximum Gasteiger partial charge on any atom is 0.291 e. The van der Waals surface area contributed by atoms with Crippen molar-refractivity contribution in [2.24, 2.45) is 5.92 Å². The minimum atomic E-state index is -0.113. The first kappa shape index (κ1) is 12.4. The third-order valence-electron chi connectivity index (χ3n) is 3.09. The van der Waals surface area contributed by atoms with Crippen molar-refractivity contribution in [1.82, 2.24) is 9.78 Å². The second kappa shape index (κ2) is 5.08. The van der Waals surface area contributed by atoms with E-state index in [0.29, 0.717) is 23.2 Å². The summed E-state index contributed by atoms with van der Waals surface area (Å²) in [6.07, 6.45) is 5.21. The molecule has 1 aromatic heterocycles. The molecule has 0 radical (unpaired) electrons. The summed E-state index contributed by atoms with van der Waals surface area (Å²) in [5.41, 5.74) is 0.356. The van der Waals surface area contributed by atoms with Crippen LogP contribution in [0.3, 0.4) is 0 Å². The standard InChI is InChI=1S/C12H18ClN3O/c1-8(2)15-11-10(13)6-14-16(12(11)17)7-9-4-3-5-9/h6,8-9,15H,3-5,7H2,1-2H3. The number of halogens is 1. The summed E-state index contributed by atoms with van der Waals surface area (Å²) >= 11 is 5.99. The lowest BCUT2D eigenvalue weighted by atomic mass is 9.85. The lowest BCUT2D eigenvalue weighted by molar-refractivity contribution is 0.262. The van der Waals surface area contributed by atoms with E-state index in [1.165, 1.54) is 23.9 Å². The van der Waals surface area contributed by atoms with E-state index in [1.807, 2.05) is 13.8 Å². The number of nitrogens with one attached hydrogen (secondary N) is 1. The van der Waals surface area contributed by atoms with Crippen LogP contribution in [-0.4, -0.2) is 15.8 Å². The van der Waals surface area contributed by atoms with Crippen molar-refractivity contribution in [3.8, 4) is 0 Å². The third kappa shape index (κ3) is 2.80. The quantitative estimate of drug-likeness (QED) is 0.899. The van der Waals surface area contributed by atoms with Gasteiger partial charge in [0.2, 0.25) is 0 Å². The van der Waals surface area contributed by atoms with Crippen molar-refractivity contribution < 1.29 is 0 Å². The molecule has 5 heteroatoms. The molecule has 4 nitrogen and oxygen atoms in total. The Labute approximate surface area is 106 Å². The molecule has 1 heterocycles. The Kier molecular flexibility index (Phi) is 3.72. The number of nitrogens with zero attached hydrogens (tertiary/aromatic N) is 2. The van der Waals surface area contributed by atoms with Crippen LogP contribution in [0.4, 0.5) is 5.69 Å². The number of hydrogen-bond donors (Lipinski definition) is 1. The van der Waals surface area contributed by atoms with Crippen molar-refractivity contribution in [3.63, 3.8) is 0 Å². The van der Waals surface area contributed by atoms with Gasteiger partial charge in [-0.05, 0) is 32.6 Å². The molecule has 1 saturated carbocycles. The van der Waals surface area contributed by atoms with Gasteiger partial charge in [0.05, 0.1) is 11.2 Å². The maximum absolute atomic E-state index is 12.2. The molecule has 1 aromatic rings. The molecule has 1 aliphatic rings. The molecule has 94 valence electrons. The van der Waals surface area contributed by atoms with E-state index < -0.39 is 0 Å². The summed E-state index contributed by atoms with van der Waals surface area (Å²) in [6, 6.07) is 0.180. The van der Waals surface area contributed by atoms with Gasteiger partial charge in [-0.3, -0.25) is 4.79 Å². The predicted molar refractivity (Wildman–Crippen MR) is 69.6 cm³/mol. The van der Waals surface area contributed by atoms with Crippen molar-refractivity contribution in [2.75, 3.05) is 5.32 Å². The molecule has 0 bridgehead atoms. The van der Waals surface area contributed by atoms with Crippen LogP contribution >= 0.6 is 11.6 Å². The summed E-state index contributed by atoms with van der Waals surface area (Å²) < 4.78 is 1.53. The molecule has 17 heavy (non-hydrogen) atoms. The lowest BCUT2D eigenvalue weighted by Gasteiger charge is -2.25. The van der Waals surface area contributed by atoms with Gasteiger partial charge in [-0.2, -0.15) is 5.10 Å². The molecule has 0 spiro atoms. The smallest absolute Gasteiger partial charge is 0.291 e. The van der Waals surface area contributed by atoms with Gasteiger partial charge in [-0.15, -0.1) is 0 Å². The molecule has 2 rings (SSSR count). The molecular weight excluding hydrogens is 238 g/mol. The van der Waals surface area contributed by atoms with Gasteiger partial charge in [-0.25, -0.2) is 4.68 Å². The van der Waals surface area contributed by atoms with Crippen LogP contribution in [0.5, 0.6) is 0 Å². The number of aromatic nitrogens is 2. The van der Waals surface area contributed by atoms with Crippen LogP contribution in [0.25, 0.3) is 0 Å². The van der Waals surface area contributed by atoms with Crippen molar-refractivity contribution in [3.05, 3.63) is 21.6 Å². The first-order valence-corrected chi connectivity index (χ1v) is 6.48. The second-order valence-electron chi connectivity index (χ2n) is 4.95. The fourth-order valence-electron chi connectivity index (χ4n) is 1.94.